The molecule has 0 spiro atoms. The highest BCUT2D eigenvalue weighted by Crippen LogP contribution is 2.28. The highest BCUT2D eigenvalue weighted by Gasteiger charge is 2.27. The molecule has 140 valence electrons. The van der Waals surface area contributed by atoms with E-state index in [1.54, 1.807) is 6.33 Å². The molecule has 2 fully saturated rings. The summed E-state index contributed by atoms with van der Waals surface area (Å²) in [7, 11) is 2.10. The lowest BCUT2D eigenvalue weighted by Crippen LogP contribution is -2.37. The van der Waals surface area contributed by atoms with Crippen LogP contribution in [0.2, 0.25) is 0 Å². The molecule has 0 N–H and O–H groups in total. The van der Waals surface area contributed by atoms with Crippen molar-refractivity contribution in [2.45, 2.75) is 32.2 Å². The number of rotatable bonds is 4. The number of nitrogens with zero attached hydrogens (tertiary/aromatic N) is 7. The largest absolute Gasteiger partial charge is 0.379 e. The van der Waals surface area contributed by atoms with Crippen LogP contribution in [0.5, 0.6) is 0 Å². The molecule has 26 heavy (non-hydrogen) atoms. The van der Waals surface area contributed by atoms with Gasteiger partial charge in [-0.15, -0.1) is 10.2 Å². The minimum Gasteiger partial charge on any atom is -0.379 e. The van der Waals surface area contributed by atoms with Gasteiger partial charge in [-0.1, -0.05) is 0 Å². The Hall–Kier alpha value is -2.06. The molecule has 2 saturated heterocycles. The van der Waals surface area contributed by atoms with Gasteiger partial charge in [0.1, 0.15) is 23.8 Å². The van der Waals surface area contributed by atoms with Gasteiger partial charge < -0.3 is 14.2 Å². The molecule has 4 rings (SSSR count). The van der Waals surface area contributed by atoms with Crippen LogP contribution in [0.1, 0.15) is 36.1 Å². The van der Waals surface area contributed by atoms with E-state index in [1.807, 2.05) is 6.92 Å². The first-order valence-electron chi connectivity index (χ1n) is 9.42. The molecule has 8 nitrogen and oxygen atoms in total. The van der Waals surface area contributed by atoms with E-state index in [4.69, 9.17) is 4.74 Å². The summed E-state index contributed by atoms with van der Waals surface area (Å²) in [4.78, 5) is 13.4. The Kier molecular flexibility index (Phi) is 5.12. The number of morpholine rings is 1. The van der Waals surface area contributed by atoms with Crippen LogP contribution in [0.15, 0.2) is 12.4 Å². The van der Waals surface area contributed by atoms with Crippen molar-refractivity contribution in [3.05, 3.63) is 29.7 Å². The molecular formula is C18H27N7O. The molecule has 0 radical (unpaired) electrons. The zero-order valence-corrected chi connectivity index (χ0v) is 15.6. The molecule has 0 aliphatic carbocycles. The molecule has 0 unspecified atom stereocenters. The van der Waals surface area contributed by atoms with Crippen LogP contribution in [0.25, 0.3) is 0 Å². The van der Waals surface area contributed by atoms with Crippen molar-refractivity contribution in [1.29, 1.82) is 0 Å². The van der Waals surface area contributed by atoms with Gasteiger partial charge in [-0.25, -0.2) is 9.97 Å². The van der Waals surface area contributed by atoms with Gasteiger partial charge in [-0.05, 0) is 19.8 Å². The number of aryl methyl sites for hydroxylation is 1. The first kappa shape index (κ1) is 17.4. The molecule has 0 amide bonds. The monoisotopic (exact) mass is 357 g/mol. The van der Waals surface area contributed by atoms with Crippen molar-refractivity contribution in [3.63, 3.8) is 0 Å². The number of ether oxygens (including phenoxy) is 1. The Labute approximate surface area is 154 Å². The zero-order chi connectivity index (χ0) is 17.9. The summed E-state index contributed by atoms with van der Waals surface area (Å²) in [5.74, 6) is 3.52. The Balaban J connectivity index is 1.46. The smallest absolute Gasteiger partial charge is 0.146 e. The molecule has 4 heterocycles. The molecule has 0 saturated carbocycles. The molecule has 2 aliphatic heterocycles. The van der Waals surface area contributed by atoms with Crippen LogP contribution in [-0.2, 0) is 18.3 Å². The quantitative estimate of drug-likeness (QED) is 0.812. The predicted molar refractivity (Wildman–Crippen MR) is 98.1 cm³/mol. The van der Waals surface area contributed by atoms with Crippen LogP contribution >= 0.6 is 0 Å². The molecule has 2 aliphatic rings. The maximum absolute atomic E-state index is 5.43. The lowest BCUT2D eigenvalue weighted by atomic mass is 9.97. The van der Waals surface area contributed by atoms with Crippen molar-refractivity contribution in [3.8, 4) is 0 Å². The third-order valence-electron chi connectivity index (χ3n) is 5.37. The van der Waals surface area contributed by atoms with Crippen molar-refractivity contribution in [1.82, 2.24) is 29.6 Å². The fourth-order valence-corrected chi connectivity index (χ4v) is 3.84. The Morgan fingerprint density at radius 3 is 2.81 bits per heavy atom. The lowest BCUT2D eigenvalue weighted by molar-refractivity contribution is 0.0326. The van der Waals surface area contributed by atoms with E-state index >= 15 is 0 Å². The van der Waals surface area contributed by atoms with Gasteiger partial charge in [-0.2, -0.15) is 0 Å². The standard InChI is InChI=1S/C18H27N7O/c1-14-10-16(20-13-19-14)25-5-3-4-15(11-25)18-22-21-17(23(18)2)12-24-6-8-26-9-7-24/h10,13,15H,3-9,11-12H2,1-2H3/t15-/m0/s1. The van der Waals surface area contributed by atoms with Crippen molar-refractivity contribution in [2.75, 3.05) is 44.3 Å². The van der Waals surface area contributed by atoms with Gasteiger partial charge >= 0.3 is 0 Å². The van der Waals surface area contributed by atoms with Gasteiger partial charge in [0.25, 0.3) is 0 Å². The number of piperidine rings is 1. The second kappa shape index (κ2) is 7.67. The highest BCUT2D eigenvalue weighted by molar-refractivity contribution is 5.39. The van der Waals surface area contributed by atoms with Crippen LogP contribution < -0.4 is 4.90 Å². The average Bonchev–Trinajstić information content (AvgIpc) is 3.03. The van der Waals surface area contributed by atoms with Crippen molar-refractivity contribution in [2.24, 2.45) is 7.05 Å². The SMILES string of the molecule is Cc1cc(N2CCC[C@H](c3nnc(CN4CCOCC4)n3C)C2)ncn1. The van der Waals surface area contributed by atoms with Gasteiger partial charge in [0.05, 0.1) is 19.8 Å². The second-order valence-corrected chi connectivity index (χ2v) is 7.22. The van der Waals surface area contributed by atoms with Crippen molar-refractivity contribution < 1.29 is 4.74 Å². The minimum absolute atomic E-state index is 0.384. The minimum atomic E-state index is 0.384. The fourth-order valence-electron chi connectivity index (χ4n) is 3.84. The van der Waals surface area contributed by atoms with E-state index in [1.165, 1.54) is 0 Å². The van der Waals surface area contributed by atoms with Crippen LogP contribution in [0.4, 0.5) is 5.82 Å². The van der Waals surface area contributed by atoms with Gasteiger partial charge in [0.15, 0.2) is 0 Å². The predicted octanol–water partition coefficient (Wildman–Crippen LogP) is 1.13. The molecule has 2 aromatic rings. The third kappa shape index (κ3) is 3.71. The first-order chi connectivity index (χ1) is 12.7. The normalized spacial score (nSPS) is 21.9. The maximum Gasteiger partial charge on any atom is 0.146 e. The Bertz CT molecular complexity index is 741. The average molecular weight is 357 g/mol. The number of aromatic nitrogens is 5. The maximum atomic E-state index is 5.43. The summed E-state index contributed by atoms with van der Waals surface area (Å²) in [6, 6.07) is 2.06. The first-order valence-corrected chi connectivity index (χ1v) is 9.42. The van der Waals surface area contributed by atoms with E-state index in [-0.39, 0.29) is 0 Å². The van der Waals surface area contributed by atoms with Crippen LogP contribution in [0.3, 0.4) is 0 Å². The highest BCUT2D eigenvalue weighted by atomic mass is 16.5. The zero-order valence-electron chi connectivity index (χ0n) is 15.6. The summed E-state index contributed by atoms with van der Waals surface area (Å²) < 4.78 is 7.62. The van der Waals surface area contributed by atoms with Gasteiger partial charge in [0.2, 0.25) is 0 Å². The molecule has 1 atom stereocenters. The Morgan fingerprint density at radius 2 is 2.00 bits per heavy atom. The van der Waals surface area contributed by atoms with Gasteiger partial charge in [0, 0.05) is 50.9 Å². The number of hydrogen-bond acceptors (Lipinski definition) is 7. The molecule has 8 heteroatoms. The second-order valence-electron chi connectivity index (χ2n) is 7.22. The lowest BCUT2D eigenvalue weighted by Gasteiger charge is -2.33. The van der Waals surface area contributed by atoms with Crippen LogP contribution in [-0.4, -0.2) is 69.0 Å². The molecule has 0 aromatic carbocycles. The number of hydrogen-bond donors (Lipinski definition) is 0. The van der Waals surface area contributed by atoms with E-state index in [0.717, 1.165) is 81.9 Å². The summed E-state index contributed by atoms with van der Waals surface area (Å²) in [6.07, 6.45) is 3.93. The third-order valence-corrected chi connectivity index (χ3v) is 5.37. The van der Waals surface area contributed by atoms with E-state index < -0.39 is 0 Å². The summed E-state index contributed by atoms with van der Waals surface area (Å²) >= 11 is 0. The Morgan fingerprint density at radius 1 is 1.15 bits per heavy atom. The number of anilines is 1. The van der Waals surface area contributed by atoms with E-state index in [2.05, 4.69) is 47.6 Å². The van der Waals surface area contributed by atoms with Crippen LogP contribution in [0, 0.1) is 6.92 Å². The summed E-state index contributed by atoms with van der Waals surface area (Å²) in [5.41, 5.74) is 1.00. The summed E-state index contributed by atoms with van der Waals surface area (Å²) in [6.45, 7) is 8.35. The van der Waals surface area contributed by atoms with E-state index in [0.29, 0.717) is 5.92 Å². The topological polar surface area (TPSA) is 72.2 Å². The van der Waals surface area contributed by atoms with E-state index in [9.17, 15) is 0 Å². The summed E-state index contributed by atoms with van der Waals surface area (Å²) in [5, 5.41) is 9.03. The molecular weight excluding hydrogens is 330 g/mol. The molecule has 0 bridgehead atoms. The molecule has 2 aromatic heterocycles. The fraction of sp³-hybridized carbons (Fsp3) is 0.667. The van der Waals surface area contributed by atoms with Gasteiger partial charge in [-0.3, -0.25) is 4.90 Å². The van der Waals surface area contributed by atoms with Crippen molar-refractivity contribution >= 4 is 5.82 Å².